The van der Waals surface area contributed by atoms with Gasteiger partial charge in [0, 0.05) is 71.3 Å². The fourth-order valence-electron chi connectivity index (χ4n) is 10.8. The average molecular weight is 615 g/mol. The highest BCUT2D eigenvalue weighted by Gasteiger charge is 2.60. The maximum absolute atomic E-state index is 13.2. The van der Waals surface area contributed by atoms with Crippen LogP contribution in [-0.4, -0.2) is 71.1 Å². The number of para-hydroxylation sites is 2. The van der Waals surface area contributed by atoms with Gasteiger partial charge >= 0.3 is 5.97 Å². The van der Waals surface area contributed by atoms with Gasteiger partial charge < -0.3 is 14.7 Å². The normalized spacial score (nSPS) is 33.2. The van der Waals surface area contributed by atoms with Crippen LogP contribution in [0, 0.1) is 11.8 Å². The van der Waals surface area contributed by atoms with Crippen molar-refractivity contribution in [2.75, 3.05) is 33.3 Å². The first-order valence-corrected chi connectivity index (χ1v) is 17.7. The van der Waals surface area contributed by atoms with E-state index in [0.29, 0.717) is 17.9 Å². The minimum atomic E-state index is -0.595. The van der Waals surface area contributed by atoms with Crippen LogP contribution >= 0.6 is 0 Å². The summed E-state index contributed by atoms with van der Waals surface area (Å²) in [6, 6.07) is 18.1. The van der Waals surface area contributed by atoms with Gasteiger partial charge in [0.15, 0.2) is 0 Å². The summed E-state index contributed by atoms with van der Waals surface area (Å²) in [5, 5.41) is 2.71. The van der Waals surface area contributed by atoms with Crippen molar-refractivity contribution in [3.63, 3.8) is 0 Å². The van der Waals surface area contributed by atoms with Gasteiger partial charge in [0.25, 0.3) is 0 Å². The first-order valence-electron chi connectivity index (χ1n) is 17.7. The number of esters is 1. The van der Waals surface area contributed by atoms with E-state index in [9.17, 15) is 4.79 Å². The monoisotopic (exact) mass is 614 g/mol. The molecule has 12 rings (SSSR count). The lowest BCUT2D eigenvalue weighted by Gasteiger charge is -2.53. The predicted molar refractivity (Wildman–Crippen MR) is 184 cm³/mol. The van der Waals surface area contributed by atoms with Crippen LogP contribution in [0.15, 0.2) is 71.8 Å². The largest absolute Gasteiger partial charge is 0.468 e. The zero-order valence-corrected chi connectivity index (χ0v) is 27.4. The van der Waals surface area contributed by atoms with Crippen LogP contribution in [0.1, 0.15) is 68.0 Å². The highest BCUT2D eigenvalue weighted by atomic mass is 16.5. The summed E-state index contributed by atoms with van der Waals surface area (Å²) in [7, 11) is 1.53. The molecule has 238 valence electrons. The lowest BCUT2D eigenvalue weighted by atomic mass is 9.60. The molecule has 4 aromatic rings. The van der Waals surface area contributed by atoms with Crippen molar-refractivity contribution in [3.8, 4) is 0 Å². The molecule has 2 aromatic heterocycles. The first-order chi connectivity index (χ1) is 22.5. The van der Waals surface area contributed by atoms with E-state index in [1.54, 1.807) is 16.8 Å². The number of nitrogens with one attached hydrogen (secondary N) is 2. The summed E-state index contributed by atoms with van der Waals surface area (Å²) in [5.41, 5.74) is 10.5. The Morgan fingerprint density at radius 1 is 0.848 bits per heavy atom. The smallest absolute Gasteiger partial charge is 0.319 e. The number of rotatable bonds is 3. The van der Waals surface area contributed by atoms with Gasteiger partial charge in [-0.15, -0.1) is 0 Å². The topological polar surface area (TPSA) is 64.4 Å². The van der Waals surface area contributed by atoms with Crippen molar-refractivity contribution in [2.24, 2.45) is 11.8 Å². The number of carbonyl (C=O) groups is 1. The highest BCUT2D eigenvalue weighted by Crippen LogP contribution is 2.53. The van der Waals surface area contributed by atoms with Gasteiger partial charge in [-0.25, -0.2) is 0 Å². The number of fused-ring (bicyclic) bond motifs is 6. The molecule has 2 fully saturated rings. The number of methoxy groups -OCH3 is 1. The van der Waals surface area contributed by atoms with Crippen LogP contribution in [0.3, 0.4) is 0 Å². The molecule has 2 saturated heterocycles. The minimum Gasteiger partial charge on any atom is -0.468 e. The van der Waals surface area contributed by atoms with Crippen molar-refractivity contribution in [3.05, 3.63) is 94.3 Å². The second-order valence-corrected chi connectivity index (χ2v) is 14.6. The Hall–Kier alpha value is -3.61. The van der Waals surface area contributed by atoms with E-state index in [1.165, 1.54) is 66.9 Å². The van der Waals surface area contributed by atoms with E-state index in [4.69, 9.17) is 4.74 Å². The Morgan fingerprint density at radius 3 is 2.26 bits per heavy atom. The Bertz CT molecular complexity index is 1910. The van der Waals surface area contributed by atoms with Crippen LogP contribution in [0.4, 0.5) is 0 Å². The molecular formula is C40H46N4O2. The van der Waals surface area contributed by atoms with E-state index >= 15 is 0 Å². The minimum absolute atomic E-state index is 0.0824. The molecule has 8 atom stereocenters. The molecule has 0 radical (unpaired) electrons. The summed E-state index contributed by atoms with van der Waals surface area (Å²) in [4.78, 5) is 26.0. The molecular weight excluding hydrogens is 568 g/mol. The molecule has 0 spiro atoms. The van der Waals surface area contributed by atoms with Crippen LogP contribution in [0.25, 0.3) is 21.8 Å². The lowest BCUT2D eigenvalue weighted by molar-refractivity contribution is -0.154. The summed E-state index contributed by atoms with van der Waals surface area (Å²) < 4.78 is 5.41. The first kappa shape index (κ1) is 28.6. The van der Waals surface area contributed by atoms with Crippen LogP contribution in [-0.2, 0) is 27.8 Å². The fraction of sp³-hybridized carbons (Fsp3) is 0.475. The van der Waals surface area contributed by atoms with E-state index < -0.39 is 5.41 Å². The number of carbonyl (C=O) groups excluding carboxylic acids is 1. The molecule has 46 heavy (non-hydrogen) atoms. The molecule has 2 N–H and O–H groups in total. The SMILES string of the molecule is CCC1=CC2CC3c4[nH]c5ccccc5c4CCN(C2)C13.CCC1=CC2CN3CCc4c([nH]c5ccccc45)C(C(=O)OC)(C2)C13. The molecule has 6 aliphatic heterocycles. The summed E-state index contributed by atoms with van der Waals surface area (Å²) in [6.07, 6.45) is 11.6. The van der Waals surface area contributed by atoms with Gasteiger partial charge in [-0.1, -0.05) is 73.5 Å². The number of piperidine rings is 2. The van der Waals surface area contributed by atoms with Crippen LogP contribution in [0.2, 0.25) is 0 Å². The van der Waals surface area contributed by atoms with Gasteiger partial charge in [0.1, 0.15) is 5.41 Å². The summed E-state index contributed by atoms with van der Waals surface area (Å²) >= 11 is 0. The lowest BCUT2D eigenvalue weighted by Crippen LogP contribution is -2.63. The molecule has 2 aliphatic carbocycles. The van der Waals surface area contributed by atoms with Crippen molar-refractivity contribution in [1.29, 1.82) is 0 Å². The molecule has 8 heterocycles. The molecule has 8 bridgehead atoms. The van der Waals surface area contributed by atoms with Gasteiger partial charge in [-0.05, 0) is 73.6 Å². The molecule has 6 heteroatoms. The van der Waals surface area contributed by atoms with Crippen molar-refractivity contribution >= 4 is 27.8 Å². The van der Waals surface area contributed by atoms with Gasteiger partial charge in [0.2, 0.25) is 0 Å². The number of aromatic nitrogens is 2. The standard InChI is InChI=1S/C21H24N2O2.C19H22N2/c1-3-14-10-13-11-21(20(24)25-2)18-16(8-9-23(12-13)19(14)21)15-6-4-5-7-17(15)22-18;1-2-13-9-12-10-16-18-15(7-8-21(11-12)19(13)16)14-5-3-4-6-17(14)20-18/h4-7,10,13,19,22H,3,8-9,11-12H2,1-2H3;3-6,9,12,16,19-20H,2,7-8,10-11H2,1H3. The molecule has 0 saturated carbocycles. The van der Waals surface area contributed by atoms with Gasteiger partial charge in [-0.2, -0.15) is 0 Å². The Labute approximate surface area is 271 Å². The Morgan fingerprint density at radius 2 is 1.50 bits per heavy atom. The quantitative estimate of drug-likeness (QED) is 0.192. The third kappa shape index (κ3) is 3.99. The van der Waals surface area contributed by atoms with Crippen molar-refractivity contribution < 1.29 is 9.53 Å². The molecule has 8 aliphatic rings. The number of nitrogens with zero attached hydrogens (tertiary/aromatic N) is 2. The Kier molecular flexibility index (Phi) is 6.66. The zero-order valence-electron chi connectivity index (χ0n) is 27.4. The third-order valence-corrected chi connectivity index (χ3v) is 12.5. The fourth-order valence-corrected chi connectivity index (χ4v) is 10.8. The van der Waals surface area contributed by atoms with Gasteiger partial charge in [-0.3, -0.25) is 14.6 Å². The second kappa shape index (κ2) is 10.7. The number of aromatic amines is 2. The third-order valence-electron chi connectivity index (χ3n) is 12.5. The number of ether oxygens (including phenoxy) is 1. The maximum Gasteiger partial charge on any atom is 0.319 e. The van der Waals surface area contributed by atoms with E-state index in [-0.39, 0.29) is 12.0 Å². The number of hydrogen-bond acceptors (Lipinski definition) is 4. The Balaban J connectivity index is 0.000000129. The van der Waals surface area contributed by atoms with Crippen LogP contribution < -0.4 is 0 Å². The molecule has 2 aromatic carbocycles. The van der Waals surface area contributed by atoms with Gasteiger partial charge in [0.05, 0.1) is 13.2 Å². The highest BCUT2D eigenvalue weighted by molar-refractivity contribution is 5.92. The zero-order chi connectivity index (χ0) is 31.2. The van der Waals surface area contributed by atoms with Crippen molar-refractivity contribution in [2.45, 2.75) is 75.8 Å². The number of benzene rings is 2. The molecule has 8 unspecified atom stereocenters. The molecule has 0 amide bonds. The van der Waals surface area contributed by atoms with E-state index in [0.717, 1.165) is 49.5 Å². The predicted octanol–water partition coefficient (Wildman–Crippen LogP) is 7.02. The van der Waals surface area contributed by atoms with E-state index in [1.807, 2.05) is 0 Å². The number of H-pyrrole nitrogens is 2. The average Bonchev–Trinajstić information content (AvgIpc) is 3.62. The maximum atomic E-state index is 13.2. The summed E-state index contributed by atoms with van der Waals surface area (Å²) in [6.45, 7) is 9.11. The second-order valence-electron chi connectivity index (χ2n) is 14.6. The molecule has 6 nitrogen and oxygen atoms in total. The van der Waals surface area contributed by atoms with E-state index in [2.05, 4.69) is 94.3 Å². The summed E-state index contributed by atoms with van der Waals surface area (Å²) in [5.74, 6) is 1.80. The van der Waals surface area contributed by atoms with Crippen molar-refractivity contribution in [1.82, 2.24) is 19.8 Å². The van der Waals surface area contributed by atoms with Crippen LogP contribution in [0.5, 0.6) is 0 Å². The number of hydrogen-bond donors (Lipinski definition) is 2.